The average Bonchev–Trinajstić information content (AvgIpc) is 2.81. The van der Waals surface area contributed by atoms with E-state index in [2.05, 4.69) is 0 Å². The number of benzene rings is 3. The molecular weight excluding hydrogens is 428 g/mol. The molecular formula is C25H24O8. The topological polar surface area (TPSA) is 118 Å². The molecule has 3 aromatic rings. The minimum absolute atomic E-state index is 0.0313. The van der Waals surface area contributed by atoms with Gasteiger partial charge in [-0.25, -0.2) is 0 Å². The first-order valence-electron chi connectivity index (χ1n) is 10.2. The minimum atomic E-state index is -0.710. The zero-order valence-electron chi connectivity index (χ0n) is 18.1. The number of hydrogen-bond donors (Lipinski definition) is 4. The summed E-state index contributed by atoms with van der Waals surface area (Å²) < 4.78 is 22.6. The second kappa shape index (κ2) is 9.22. The van der Waals surface area contributed by atoms with Gasteiger partial charge in [0.05, 0.1) is 20.8 Å². The van der Waals surface area contributed by atoms with E-state index in [1.165, 1.54) is 32.4 Å². The van der Waals surface area contributed by atoms with Crippen LogP contribution in [-0.4, -0.2) is 47.4 Å². The number of phenols is 3. The summed E-state index contributed by atoms with van der Waals surface area (Å²) in [6, 6.07) is 12.9. The predicted molar refractivity (Wildman–Crippen MR) is 121 cm³/mol. The average molecular weight is 452 g/mol. The molecule has 8 heteroatoms. The molecule has 1 aliphatic heterocycles. The minimum Gasteiger partial charge on any atom is -0.508 e. The molecule has 2 atom stereocenters. The molecule has 0 aliphatic carbocycles. The molecule has 33 heavy (non-hydrogen) atoms. The largest absolute Gasteiger partial charge is 0.508 e. The van der Waals surface area contributed by atoms with Gasteiger partial charge in [-0.15, -0.1) is 0 Å². The van der Waals surface area contributed by atoms with Gasteiger partial charge in [-0.05, 0) is 47.5 Å². The van der Waals surface area contributed by atoms with Crippen LogP contribution in [0.25, 0.3) is 12.2 Å². The van der Waals surface area contributed by atoms with E-state index in [1.807, 2.05) is 6.07 Å². The van der Waals surface area contributed by atoms with Crippen molar-refractivity contribution in [3.8, 4) is 40.2 Å². The molecule has 0 spiro atoms. The van der Waals surface area contributed by atoms with Gasteiger partial charge in [0, 0.05) is 11.6 Å². The third-order valence-electron chi connectivity index (χ3n) is 5.24. The normalized spacial score (nSPS) is 17.2. The van der Waals surface area contributed by atoms with Crippen molar-refractivity contribution in [2.45, 2.75) is 12.2 Å². The number of methoxy groups -OCH3 is 2. The number of fused-ring (bicyclic) bond motifs is 1. The third kappa shape index (κ3) is 4.61. The van der Waals surface area contributed by atoms with Crippen molar-refractivity contribution in [2.75, 3.05) is 20.8 Å². The Balaban J connectivity index is 1.62. The van der Waals surface area contributed by atoms with Crippen LogP contribution in [0.2, 0.25) is 0 Å². The first kappa shape index (κ1) is 22.2. The van der Waals surface area contributed by atoms with E-state index in [1.54, 1.807) is 36.4 Å². The molecule has 4 N–H and O–H groups in total. The Morgan fingerprint density at radius 3 is 2.03 bits per heavy atom. The van der Waals surface area contributed by atoms with E-state index in [0.29, 0.717) is 22.6 Å². The summed E-state index contributed by atoms with van der Waals surface area (Å²) >= 11 is 0. The second-order valence-corrected chi connectivity index (χ2v) is 7.47. The number of aromatic hydroxyl groups is 3. The SMILES string of the molecule is COc1cc([C@@H]2Oc3ccc(/C=C/c4cc(O)cc(O)c4)cc3O[C@@H]2CO)cc(OC)c1O. The number of hydrogen-bond acceptors (Lipinski definition) is 8. The maximum absolute atomic E-state index is 10.2. The Morgan fingerprint density at radius 1 is 0.788 bits per heavy atom. The maximum atomic E-state index is 10.2. The lowest BCUT2D eigenvalue weighted by molar-refractivity contribution is -0.0125. The molecule has 3 aromatic carbocycles. The lowest BCUT2D eigenvalue weighted by atomic mass is 10.0. The van der Waals surface area contributed by atoms with Crippen LogP contribution >= 0.6 is 0 Å². The van der Waals surface area contributed by atoms with E-state index < -0.39 is 12.2 Å². The van der Waals surface area contributed by atoms with Crippen LogP contribution in [0.5, 0.6) is 40.2 Å². The molecule has 0 amide bonds. The standard InChI is InChI=1S/C25H24O8/c1-30-21-10-16(11-22(31-2)24(21)29)25-23(13-26)32-20-9-14(5-6-19(20)33-25)3-4-15-7-17(27)12-18(28)8-15/h3-12,23,25-29H,13H2,1-2H3/b4-3+/t23-,25+/m1/s1. The zero-order valence-corrected chi connectivity index (χ0v) is 18.1. The van der Waals surface area contributed by atoms with Gasteiger partial charge in [-0.1, -0.05) is 18.2 Å². The smallest absolute Gasteiger partial charge is 0.200 e. The zero-order chi connectivity index (χ0) is 23.5. The maximum Gasteiger partial charge on any atom is 0.200 e. The summed E-state index contributed by atoms with van der Waals surface area (Å²) in [5.74, 6) is 1.19. The van der Waals surface area contributed by atoms with Crippen LogP contribution in [0.4, 0.5) is 0 Å². The summed E-state index contributed by atoms with van der Waals surface area (Å²) in [4.78, 5) is 0. The molecule has 172 valence electrons. The van der Waals surface area contributed by atoms with Crippen LogP contribution in [0.15, 0.2) is 48.5 Å². The Kier molecular flexibility index (Phi) is 6.19. The van der Waals surface area contributed by atoms with Crippen LogP contribution in [0, 0.1) is 0 Å². The van der Waals surface area contributed by atoms with Gasteiger partial charge < -0.3 is 39.4 Å². The van der Waals surface area contributed by atoms with Crippen molar-refractivity contribution in [1.82, 2.24) is 0 Å². The molecule has 0 fully saturated rings. The van der Waals surface area contributed by atoms with Crippen molar-refractivity contribution in [1.29, 1.82) is 0 Å². The first-order valence-corrected chi connectivity index (χ1v) is 10.2. The van der Waals surface area contributed by atoms with Crippen LogP contribution < -0.4 is 18.9 Å². The number of ether oxygens (including phenoxy) is 4. The number of aliphatic hydroxyl groups excluding tert-OH is 1. The fraction of sp³-hybridized carbons (Fsp3) is 0.200. The molecule has 0 aromatic heterocycles. The van der Waals surface area contributed by atoms with Gasteiger partial charge in [-0.3, -0.25) is 0 Å². The number of rotatable bonds is 6. The molecule has 4 rings (SSSR count). The summed E-state index contributed by atoms with van der Waals surface area (Å²) in [7, 11) is 2.87. The van der Waals surface area contributed by atoms with Crippen molar-refractivity contribution in [3.63, 3.8) is 0 Å². The van der Waals surface area contributed by atoms with Gasteiger partial charge in [0.2, 0.25) is 5.75 Å². The van der Waals surface area contributed by atoms with E-state index in [4.69, 9.17) is 18.9 Å². The highest BCUT2D eigenvalue weighted by atomic mass is 16.6. The number of aliphatic hydroxyl groups is 1. The molecule has 1 heterocycles. The lowest BCUT2D eigenvalue weighted by Gasteiger charge is -2.33. The predicted octanol–water partition coefficient (Wildman–Crippen LogP) is 3.86. The van der Waals surface area contributed by atoms with E-state index >= 15 is 0 Å². The second-order valence-electron chi connectivity index (χ2n) is 7.47. The van der Waals surface area contributed by atoms with E-state index in [-0.39, 0.29) is 35.4 Å². The first-order chi connectivity index (χ1) is 15.9. The molecule has 0 saturated heterocycles. The summed E-state index contributed by atoms with van der Waals surface area (Å²) in [5.41, 5.74) is 2.04. The number of phenolic OH excluding ortho intramolecular Hbond substituents is 3. The third-order valence-corrected chi connectivity index (χ3v) is 5.24. The van der Waals surface area contributed by atoms with Gasteiger partial charge in [0.25, 0.3) is 0 Å². The molecule has 1 aliphatic rings. The van der Waals surface area contributed by atoms with E-state index in [0.717, 1.165) is 5.56 Å². The Morgan fingerprint density at radius 2 is 1.42 bits per heavy atom. The lowest BCUT2D eigenvalue weighted by Crippen LogP contribution is -2.36. The van der Waals surface area contributed by atoms with Crippen LogP contribution in [-0.2, 0) is 0 Å². The summed E-state index contributed by atoms with van der Waals surface area (Å²) in [6.07, 6.45) is 2.17. The van der Waals surface area contributed by atoms with Gasteiger partial charge in [0.15, 0.2) is 35.2 Å². The van der Waals surface area contributed by atoms with Gasteiger partial charge >= 0.3 is 0 Å². The van der Waals surface area contributed by atoms with Crippen molar-refractivity contribution in [3.05, 3.63) is 65.2 Å². The molecule has 0 radical (unpaired) electrons. The summed E-state index contributed by atoms with van der Waals surface area (Å²) in [5, 5.41) is 39.4. The fourth-order valence-electron chi connectivity index (χ4n) is 3.66. The van der Waals surface area contributed by atoms with Crippen LogP contribution in [0.1, 0.15) is 22.8 Å². The highest BCUT2D eigenvalue weighted by Crippen LogP contribution is 2.44. The highest BCUT2D eigenvalue weighted by Gasteiger charge is 2.34. The highest BCUT2D eigenvalue weighted by molar-refractivity contribution is 5.72. The van der Waals surface area contributed by atoms with E-state index in [9.17, 15) is 20.4 Å². The summed E-state index contributed by atoms with van der Waals surface area (Å²) in [6.45, 7) is -0.307. The molecule has 0 bridgehead atoms. The van der Waals surface area contributed by atoms with Gasteiger partial charge in [-0.2, -0.15) is 0 Å². The van der Waals surface area contributed by atoms with Crippen molar-refractivity contribution >= 4 is 12.2 Å². The fourth-order valence-corrected chi connectivity index (χ4v) is 3.66. The van der Waals surface area contributed by atoms with Crippen molar-refractivity contribution in [2.24, 2.45) is 0 Å². The van der Waals surface area contributed by atoms with Crippen LogP contribution in [0.3, 0.4) is 0 Å². The molecule has 0 unspecified atom stereocenters. The monoisotopic (exact) mass is 452 g/mol. The van der Waals surface area contributed by atoms with Gasteiger partial charge in [0.1, 0.15) is 11.5 Å². The quantitative estimate of drug-likeness (QED) is 0.417. The Hall–Kier alpha value is -4.04. The Bertz CT molecular complexity index is 1140. The van der Waals surface area contributed by atoms with Crippen molar-refractivity contribution < 1.29 is 39.4 Å². The Labute approximate surface area is 190 Å². The molecule has 8 nitrogen and oxygen atoms in total. The molecule has 0 saturated carbocycles.